The fraction of sp³-hybridized carbons (Fsp3) is 0.222. The number of likely N-dealkylation sites (tertiary alicyclic amines) is 1. The van der Waals surface area contributed by atoms with Crippen molar-refractivity contribution in [2.75, 3.05) is 18.4 Å². The van der Waals surface area contributed by atoms with Crippen molar-refractivity contribution in [1.29, 1.82) is 0 Å². The van der Waals surface area contributed by atoms with Crippen molar-refractivity contribution in [3.63, 3.8) is 0 Å². The standard InChI is InChI=1S/C36H34N6O3/c1-2-33(43)38-26-12-13-31-32(20-26)42(36(45)40-31)27-15-18-41(19-16-27)22-23-8-10-25(11-9-23)34-28(24-6-4-3-5-7-24)21-29-30(39-34)14-17-37-35(29)44/h3-14,17,20-21,27H,2,15-16,18-19,22H2,1H3,(H,37,44)(H,38,43)(H,40,45). The number of carbonyl (C=O) groups is 1. The molecule has 0 atom stereocenters. The minimum atomic E-state index is -0.150. The molecule has 3 aromatic carbocycles. The van der Waals surface area contributed by atoms with E-state index in [-0.39, 0.29) is 23.2 Å². The largest absolute Gasteiger partial charge is 0.328 e. The second-order valence-electron chi connectivity index (χ2n) is 11.6. The Bertz CT molecular complexity index is 2120. The van der Waals surface area contributed by atoms with E-state index in [9.17, 15) is 14.4 Å². The summed E-state index contributed by atoms with van der Waals surface area (Å²) in [7, 11) is 0. The summed E-state index contributed by atoms with van der Waals surface area (Å²) in [5, 5.41) is 3.47. The number of amides is 1. The Balaban J connectivity index is 1.08. The van der Waals surface area contributed by atoms with Gasteiger partial charge in [-0.25, -0.2) is 9.78 Å². The number of aromatic nitrogens is 4. The van der Waals surface area contributed by atoms with Crippen LogP contribution in [-0.4, -0.2) is 43.4 Å². The van der Waals surface area contributed by atoms with Gasteiger partial charge in [0.1, 0.15) is 0 Å². The maximum atomic E-state index is 12.9. The summed E-state index contributed by atoms with van der Waals surface area (Å²) in [6.45, 7) is 4.37. The normalized spacial score (nSPS) is 14.2. The molecule has 0 unspecified atom stereocenters. The van der Waals surface area contributed by atoms with Crippen molar-refractivity contribution in [3.8, 4) is 22.4 Å². The number of nitrogens with one attached hydrogen (secondary N) is 3. The van der Waals surface area contributed by atoms with E-state index < -0.39 is 0 Å². The molecule has 45 heavy (non-hydrogen) atoms. The van der Waals surface area contributed by atoms with Gasteiger partial charge in [-0.3, -0.25) is 19.1 Å². The van der Waals surface area contributed by atoms with E-state index >= 15 is 0 Å². The molecule has 1 saturated heterocycles. The predicted octanol–water partition coefficient (Wildman–Crippen LogP) is 6.09. The highest BCUT2D eigenvalue weighted by Crippen LogP contribution is 2.33. The Morgan fingerprint density at radius 3 is 2.47 bits per heavy atom. The summed E-state index contributed by atoms with van der Waals surface area (Å²) in [6.07, 6.45) is 3.75. The Morgan fingerprint density at radius 1 is 0.933 bits per heavy atom. The maximum absolute atomic E-state index is 12.9. The monoisotopic (exact) mass is 598 g/mol. The Labute approximate surface area is 259 Å². The number of benzene rings is 3. The lowest BCUT2D eigenvalue weighted by atomic mass is 9.97. The number of imidazole rings is 1. The Hall–Kier alpha value is -5.28. The molecular weight excluding hydrogens is 564 g/mol. The first-order chi connectivity index (χ1) is 22.0. The van der Waals surface area contributed by atoms with Gasteiger partial charge in [0.15, 0.2) is 0 Å². The van der Waals surface area contributed by atoms with Gasteiger partial charge in [-0.15, -0.1) is 0 Å². The van der Waals surface area contributed by atoms with Gasteiger partial charge in [0.05, 0.1) is 27.6 Å². The minimum Gasteiger partial charge on any atom is -0.328 e. The van der Waals surface area contributed by atoms with E-state index in [0.29, 0.717) is 23.0 Å². The van der Waals surface area contributed by atoms with Crippen LogP contribution in [0, 0.1) is 0 Å². The fourth-order valence-corrected chi connectivity index (χ4v) is 6.34. The molecule has 226 valence electrons. The minimum absolute atomic E-state index is 0.0538. The van der Waals surface area contributed by atoms with Gasteiger partial charge in [0.25, 0.3) is 5.56 Å². The van der Waals surface area contributed by atoms with Crippen LogP contribution in [0.5, 0.6) is 0 Å². The molecule has 3 N–H and O–H groups in total. The SMILES string of the molecule is CCC(=O)Nc1ccc2[nH]c(=O)n(C3CCN(Cc4ccc(-c5nc6cc[nH]c(=O)c6cc5-c5ccccc5)cc4)CC3)c2c1. The summed E-state index contributed by atoms with van der Waals surface area (Å²) in [5.74, 6) is -0.0538. The van der Waals surface area contributed by atoms with Gasteiger partial charge in [-0.1, -0.05) is 61.5 Å². The van der Waals surface area contributed by atoms with Crippen LogP contribution < -0.4 is 16.6 Å². The van der Waals surface area contributed by atoms with Gasteiger partial charge in [0.2, 0.25) is 5.91 Å². The smallest absolute Gasteiger partial charge is 0.326 e. The third kappa shape index (κ3) is 5.70. The molecule has 3 aromatic heterocycles. The molecule has 1 aliphatic rings. The highest BCUT2D eigenvalue weighted by Gasteiger charge is 2.24. The molecule has 1 amide bonds. The van der Waals surface area contributed by atoms with Crippen LogP contribution in [0.2, 0.25) is 0 Å². The van der Waals surface area contributed by atoms with Crippen LogP contribution in [0.3, 0.4) is 0 Å². The van der Waals surface area contributed by atoms with Crippen LogP contribution in [0.1, 0.15) is 37.8 Å². The zero-order valence-electron chi connectivity index (χ0n) is 25.0. The van der Waals surface area contributed by atoms with Crippen LogP contribution in [0.25, 0.3) is 44.3 Å². The van der Waals surface area contributed by atoms with E-state index in [1.165, 1.54) is 5.56 Å². The number of anilines is 1. The van der Waals surface area contributed by atoms with Gasteiger partial charge < -0.3 is 15.3 Å². The van der Waals surface area contributed by atoms with Crippen LogP contribution in [0.15, 0.2) is 101 Å². The lowest BCUT2D eigenvalue weighted by Crippen LogP contribution is -2.36. The molecule has 0 radical (unpaired) electrons. The van der Waals surface area contributed by atoms with Crippen molar-refractivity contribution >= 4 is 33.5 Å². The fourth-order valence-electron chi connectivity index (χ4n) is 6.34. The lowest BCUT2D eigenvalue weighted by Gasteiger charge is -2.32. The third-order valence-electron chi connectivity index (χ3n) is 8.72. The van der Waals surface area contributed by atoms with Crippen molar-refractivity contribution in [2.24, 2.45) is 0 Å². The highest BCUT2D eigenvalue weighted by molar-refractivity contribution is 5.93. The number of aromatic amines is 2. The first-order valence-corrected chi connectivity index (χ1v) is 15.4. The summed E-state index contributed by atoms with van der Waals surface area (Å²) in [5.41, 5.74) is 7.67. The molecule has 0 spiro atoms. The zero-order chi connectivity index (χ0) is 30.9. The first-order valence-electron chi connectivity index (χ1n) is 15.4. The van der Waals surface area contributed by atoms with Crippen molar-refractivity contribution in [1.82, 2.24) is 24.4 Å². The molecule has 9 heteroatoms. The highest BCUT2D eigenvalue weighted by atomic mass is 16.2. The van der Waals surface area contributed by atoms with Crippen LogP contribution in [-0.2, 0) is 11.3 Å². The summed E-state index contributed by atoms with van der Waals surface area (Å²) in [6, 6.07) is 28.0. The molecule has 9 nitrogen and oxygen atoms in total. The molecule has 0 aliphatic carbocycles. The molecule has 7 rings (SSSR count). The second kappa shape index (κ2) is 12.0. The number of hydrogen-bond acceptors (Lipinski definition) is 5. The van der Waals surface area contributed by atoms with E-state index in [2.05, 4.69) is 44.5 Å². The van der Waals surface area contributed by atoms with E-state index in [1.807, 2.05) is 72.2 Å². The van der Waals surface area contributed by atoms with Gasteiger partial charge in [0, 0.05) is 55.1 Å². The third-order valence-corrected chi connectivity index (χ3v) is 8.72. The summed E-state index contributed by atoms with van der Waals surface area (Å²) >= 11 is 0. The number of hydrogen-bond donors (Lipinski definition) is 3. The van der Waals surface area contributed by atoms with E-state index in [1.54, 1.807) is 6.20 Å². The quantitative estimate of drug-likeness (QED) is 0.206. The molecule has 4 heterocycles. The Morgan fingerprint density at radius 2 is 1.71 bits per heavy atom. The molecule has 1 fully saturated rings. The first kappa shape index (κ1) is 28.5. The number of rotatable bonds is 7. The van der Waals surface area contributed by atoms with E-state index in [0.717, 1.165) is 65.9 Å². The number of H-pyrrole nitrogens is 2. The molecule has 0 bridgehead atoms. The lowest BCUT2D eigenvalue weighted by molar-refractivity contribution is -0.115. The summed E-state index contributed by atoms with van der Waals surface area (Å²) in [4.78, 5) is 50.5. The molecule has 1 aliphatic heterocycles. The number of fused-ring (bicyclic) bond motifs is 2. The molecule has 6 aromatic rings. The molecule has 0 saturated carbocycles. The molecular formula is C36H34N6O3. The number of piperidine rings is 1. The average Bonchev–Trinajstić information content (AvgIpc) is 3.40. The number of carbonyl (C=O) groups excluding carboxylic acids is 1. The number of nitrogens with zero attached hydrogens (tertiary/aromatic N) is 3. The number of pyridine rings is 2. The summed E-state index contributed by atoms with van der Waals surface area (Å²) < 4.78 is 1.86. The van der Waals surface area contributed by atoms with Gasteiger partial charge >= 0.3 is 5.69 Å². The zero-order valence-corrected chi connectivity index (χ0v) is 25.0. The second-order valence-corrected chi connectivity index (χ2v) is 11.6. The van der Waals surface area contributed by atoms with Crippen LogP contribution >= 0.6 is 0 Å². The predicted molar refractivity (Wildman–Crippen MR) is 178 cm³/mol. The van der Waals surface area contributed by atoms with Gasteiger partial charge in [-0.05, 0) is 54.3 Å². The van der Waals surface area contributed by atoms with Crippen molar-refractivity contribution in [2.45, 2.75) is 38.8 Å². The topological polar surface area (TPSA) is 116 Å². The van der Waals surface area contributed by atoms with Gasteiger partial charge in [-0.2, -0.15) is 0 Å². The van der Waals surface area contributed by atoms with Crippen LogP contribution in [0.4, 0.5) is 5.69 Å². The van der Waals surface area contributed by atoms with Crippen molar-refractivity contribution < 1.29 is 4.79 Å². The maximum Gasteiger partial charge on any atom is 0.326 e. The van der Waals surface area contributed by atoms with E-state index in [4.69, 9.17) is 4.98 Å². The average molecular weight is 599 g/mol. The Kier molecular flexibility index (Phi) is 7.61. The van der Waals surface area contributed by atoms with Crippen molar-refractivity contribution in [3.05, 3.63) is 118 Å².